The number of methoxy groups -OCH3 is 1. The van der Waals surface area contributed by atoms with Crippen molar-refractivity contribution in [3.05, 3.63) is 54.1 Å². The standard InChI is InChI=1S/C23H25NO4/c1-3-4-5-21(25)24-18-12-10-16(11-13-18)15-6-8-17(9-7-15)22(26)19-14-20(19)23(27)28-2/h6-13,19-20H,3-5,14H2,1-2H3,(H,24,25). The first kappa shape index (κ1) is 19.8. The third-order valence-electron chi connectivity index (χ3n) is 5.06. The fraction of sp³-hybridized carbons (Fsp3) is 0.348. The quantitative estimate of drug-likeness (QED) is 0.542. The van der Waals surface area contributed by atoms with Crippen LogP contribution in [-0.2, 0) is 14.3 Å². The van der Waals surface area contributed by atoms with Crippen LogP contribution in [0.1, 0.15) is 43.0 Å². The van der Waals surface area contributed by atoms with E-state index in [0.717, 1.165) is 29.7 Å². The fourth-order valence-corrected chi connectivity index (χ4v) is 3.24. The summed E-state index contributed by atoms with van der Waals surface area (Å²) in [4.78, 5) is 35.8. The first-order valence-electron chi connectivity index (χ1n) is 9.66. The van der Waals surface area contributed by atoms with Gasteiger partial charge in [-0.05, 0) is 36.1 Å². The molecular weight excluding hydrogens is 354 g/mol. The monoisotopic (exact) mass is 379 g/mol. The van der Waals surface area contributed by atoms with E-state index in [1.807, 2.05) is 36.4 Å². The second kappa shape index (κ2) is 8.83. The van der Waals surface area contributed by atoms with Gasteiger partial charge in [0.1, 0.15) is 0 Å². The van der Waals surface area contributed by atoms with Gasteiger partial charge in [-0.1, -0.05) is 49.7 Å². The molecule has 1 aliphatic carbocycles. The molecule has 5 nitrogen and oxygen atoms in total. The van der Waals surface area contributed by atoms with Crippen molar-refractivity contribution in [2.24, 2.45) is 11.8 Å². The number of nitrogens with one attached hydrogen (secondary N) is 1. The predicted molar refractivity (Wildman–Crippen MR) is 108 cm³/mol. The Morgan fingerprint density at radius 3 is 2.14 bits per heavy atom. The summed E-state index contributed by atoms with van der Waals surface area (Å²) in [5.41, 5.74) is 3.38. The second-order valence-electron chi connectivity index (χ2n) is 7.14. The number of ether oxygens (including phenoxy) is 1. The number of hydrogen-bond donors (Lipinski definition) is 1. The number of ketones is 1. The zero-order valence-corrected chi connectivity index (χ0v) is 16.2. The number of esters is 1. The highest BCUT2D eigenvalue weighted by atomic mass is 16.5. The number of hydrogen-bond acceptors (Lipinski definition) is 4. The smallest absolute Gasteiger partial charge is 0.309 e. The second-order valence-corrected chi connectivity index (χ2v) is 7.14. The Morgan fingerprint density at radius 1 is 0.964 bits per heavy atom. The Kier molecular flexibility index (Phi) is 6.24. The maximum atomic E-state index is 12.5. The van der Waals surface area contributed by atoms with Crippen molar-refractivity contribution in [2.75, 3.05) is 12.4 Å². The number of unbranched alkanes of at least 4 members (excludes halogenated alkanes) is 1. The molecule has 0 radical (unpaired) electrons. The van der Waals surface area contributed by atoms with Gasteiger partial charge in [-0.3, -0.25) is 14.4 Å². The van der Waals surface area contributed by atoms with E-state index in [9.17, 15) is 14.4 Å². The van der Waals surface area contributed by atoms with Crippen LogP contribution < -0.4 is 5.32 Å². The van der Waals surface area contributed by atoms with E-state index in [0.29, 0.717) is 18.4 Å². The molecule has 5 heteroatoms. The summed E-state index contributed by atoms with van der Waals surface area (Å²) in [7, 11) is 1.35. The van der Waals surface area contributed by atoms with Crippen LogP contribution in [-0.4, -0.2) is 24.8 Å². The molecule has 3 rings (SSSR count). The third-order valence-corrected chi connectivity index (χ3v) is 5.06. The highest BCUT2D eigenvalue weighted by molar-refractivity contribution is 6.03. The summed E-state index contributed by atoms with van der Waals surface area (Å²) < 4.78 is 4.70. The summed E-state index contributed by atoms with van der Waals surface area (Å²) in [6.07, 6.45) is 2.98. The van der Waals surface area contributed by atoms with E-state index < -0.39 is 0 Å². The number of Topliss-reactive ketones (excluding diaryl/α,β-unsaturated/α-hetero) is 1. The summed E-state index contributed by atoms with van der Waals surface area (Å²) in [5, 5.41) is 2.90. The Balaban J connectivity index is 1.61. The first-order chi connectivity index (χ1) is 13.5. The molecule has 2 atom stereocenters. The van der Waals surface area contributed by atoms with E-state index in [1.165, 1.54) is 7.11 Å². The molecule has 1 saturated carbocycles. The van der Waals surface area contributed by atoms with Crippen molar-refractivity contribution in [1.82, 2.24) is 0 Å². The number of carbonyl (C=O) groups is 3. The summed E-state index contributed by atoms with van der Waals surface area (Å²) in [6.45, 7) is 2.06. The summed E-state index contributed by atoms with van der Waals surface area (Å²) in [5.74, 6) is -0.835. The number of rotatable bonds is 8. The number of amides is 1. The van der Waals surface area contributed by atoms with E-state index >= 15 is 0 Å². The number of carbonyl (C=O) groups excluding carboxylic acids is 3. The maximum Gasteiger partial charge on any atom is 0.309 e. The molecule has 1 aliphatic rings. The van der Waals surface area contributed by atoms with E-state index in [1.54, 1.807) is 12.1 Å². The van der Waals surface area contributed by atoms with Crippen molar-refractivity contribution in [3.8, 4) is 11.1 Å². The van der Waals surface area contributed by atoms with Gasteiger partial charge in [0.2, 0.25) is 5.91 Å². The van der Waals surface area contributed by atoms with Crippen molar-refractivity contribution < 1.29 is 19.1 Å². The SMILES string of the molecule is CCCCC(=O)Nc1ccc(-c2ccc(C(=O)C3CC3C(=O)OC)cc2)cc1. The van der Waals surface area contributed by atoms with Crippen LogP contribution in [0.25, 0.3) is 11.1 Å². The van der Waals surface area contributed by atoms with Gasteiger partial charge in [0.15, 0.2) is 5.78 Å². The minimum Gasteiger partial charge on any atom is -0.469 e. The van der Waals surface area contributed by atoms with Gasteiger partial charge < -0.3 is 10.1 Å². The van der Waals surface area contributed by atoms with Crippen molar-refractivity contribution in [3.63, 3.8) is 0 Å². The Bertz CT molecular complexity index is 855. The van der Waals surface area contributed by atoms with Crippen LogP contribution in [0.3, 0.4) is 0 Å². The minimum atomic E-state index is -0.308. The predicted octanol–water partition coefficient (Wildman–Crippen LogP) is 4.47. The van der Waals surface area contributed by atoms with Crippen LogP contribution >= 0.6 is 0 Å². The number of benzene rings is 2. The van der Waals surface area contributed by atoms with E-state index in [-0.39, 0.29) is 29.5 Å². The Morgan fingerprint density at radius 2 is 1.57 bits per heavy atom. The average molecular weight is 379 g/mol. The van der Waals surface area contributed by atoms with E-state index in [2.05, 4.69) is 12.2 Å². The molecule has 0 bridgehead atoms. The van der Waals surface area contributed by atoms with Crippen molar-refractivity contribution >= 4 is 23.3 Å². The highest BCUT2D eigenvalue weighted by Crippen LogP contribution is 2.42. The lowest BCUT2D eigenvalue weighted by atomic mass is 10.0. The summed E-state index contributed by atoms with van der Waals surface area (Å²) in [6, 6.07) is 15.0. The van der Waals surface area contributed by atoms with Gasteiger partial charge in [0.25, 0.3) is 0 Å². The lowest BCUT2D eigenvalue weighted by molar-refractivity contribution is -0.142. The Hall–Kier alpha value is -2.95. The van der Waals surface area contributed by atoms with Crippen LogP contribution in [0.2, 0.25) is 0 Å². The molecule has 0 spiro atoms. The molecule has 2 unspecified atom stereocenters. The molecule has 2 aromatic rings. The van der Waals surface area contributed by atoms with Gasteiger partial charge in [0, 0.05) is 23.6 Å². The molecule has 1 N–H and O–H groups in total. The van der Waals surface area contributed by atoms with Gasteiger partial charge in [0.05, 0.1) is 13.0 Å². The molecule has 1 amide bonds. The molecule has 0 saturated heterocycles. The first-order valence-corrected chi connectivity index (χ1v) is 9.66. The molecule has 1 fully saturated rings. The van der Waals surface area contributed by atoms with Crippen molar-refractivity contribution in [1.29, 1.82) is 0 Å². The van der Waals surface area contributed by atoms with E-state index in [4.69, 9.17) is 4.74 Å². The maximum absolute atomic E-state index is 12.5. The van der Waals surface area contributed by atoms with Crippen LogP contribution in [0.5, 0.6) is 0 Å². The zero-order valence-electron chi connectivity index (χ0n) is 16.2. The van der Waals surface area contributed by atoms with Crippen LogP contribution in [0.4, 0.5) is 5.69 Å². The summed E-state index contributed by atoms with van der Waals surface area (Å²) >= 11 is 0. The lowest BCUT2D eigenvalue weighted by Crippen LogP contribution is -2.10. The fourth-order valence-electron chi connectivity index (χ4n) is 3.24. The minimum absolute atomic E-state index is 0.00732. The molecule has 0 aromatic heterocycles. The molecule has 2 aromatic carbocycles. The van der Waals surface area contributed by atoms with Gasteiger partial charge in [-0.15, -0.1) is 0 Å². The molecule has 0 heterocycles. The normalized spacial score (nSPS) is 17.6. The zero-order chi connectivity index (χ0) is 20.1. The number of anilines is 1. The topological polar surface area (TPSA) is 72.5 Å². The van der Waals surface area contributed by atoms with Gasteiger partial charge in [-0.25, -0.2) is 0 Å². The van der Waals surface area contributed by atoms with Crippen LogP contribution in [0.15, 0.2) is 48.5 Å². The van der Waals surface area contributed by atoms with Gasteiger partial charge >= 0.3 is 5.97 Å². The molecule has 28 heavy (non-hydrogen) atoms. The average Bonchev–Trinajstić information content (AvgIpc) is 3.53. The highest BCUT2D eigenvalue weighted by Gasteiger charge is 2.48. The van der Waals surface area contributed by atoms with Crippen LogP contribution in [0, 0.1) is 11.8 Å². The Labute approximate surface area is 165 Å². The van der Waals surface area contributed by atoms with Crippen molar-refractivity contribution in [2.45, 2.75) is 32.6 Å². The van der Waals surface area contributed by atoms with Gasteiger partial charge in [-0.2, -0.15) is 0 Å². The largest absolute Gasteiger partial charge is 0.469 e. The molecule has 0 aliphatic heterocycles. The lowest BCUT2D eigenvalue weighted by Gasteiger charge is -2.07. The molecular formula is C23H25NO4. The molecule has 146 valence electrons. The third kappa shape index (κ3) is 4.66.